The van der Waals surface area contributed by atoms with Crippen molar-refractivity contribution in [3.63, 3.8) is 0 Å². The summed E-state index contributed by atoms with van der Waals surface area (Å²) in [6.07, 6.45) is 5.65. The smallest absolute Gasteiger partial charge is 0.339 e. The molecule has 2 heterocycles. The molecule has 1 aromatic carbocycles. The van der Waals surface area contributed by atoms with Crippen molar-refractivity contribution in [3.8, 4) is 11.1 Å². The quantitative estimate of drug-likeness (QED) is 0.413. The van der Waals surface area contributed by atoms with Crippen LogP contribution < -0.4 is 0 Å². The molecule has 31 heavy (non-hydrogen) atoms. The molecule has 1 aliphatic carbocycles. The van der Waals surface area contributed by atoms with E-state index in [1.807, 2.05) is 24.5 Å². The van der Waals surface area contributed by atoms with E-state index >= 15 is 0 Å². The van der Waals surface area contributed by atoms with Crippen LogP contribution in [0.1, 0.15) is 56.2 Å². The van der Waals surface area contributed by atoms with Gasteiger partial charge in [-0.2, -0.15) is 5.26 Å². The molecule has 0 unspecified atom stereocenters. The third-order valence-corrected chi connectivity index (χ3v) is 7.51. The Labute approximate surface area is 195 Å². The fourth-order valence-corrected chi connectivity index (χ4v) is 6.21. The summed E-state index contributed by atoms with van der Waals surface area (Å²) in [5.74, 6) is -0.885. The lowest BCUT2D eigenvalue weighted by molar-refractivity contribution is 0.0696. The molecule has 3 aromatic rings. The maximum atomic E-state index is 12.1. The molecular weight excluding hydrogens is 451 g/mol. The third kappa shape index (κ3) is 3.92. The fraction of sp³-hybridized carbons (Fsp3) is 0.250. The van der Waals surface area contributed by atoms with Gasteiger partial charge in [0.05, 0.1) is 22.2 Å². The van der Waals surface area contributed by atoms with E-state index in [4.69, 9.17) is 23.2 Å². The Morgan fingerprint density at radius 3 is 2.65 bits per heavy atom. The molecule has 2 aromatic heterocycles. The Hall–Kier alpha value is -2.52. The van der Waals surface area contributed by atoms with Crippen molar-refractivity contribution < 1.29 is 9.90 Å². The van der Waals surface area contributed by atoms with E-state index in [1.54, 1.807) is 35.6 Å². The zero-order chi connectivity index (χ0) is 22.3. The summed E-state index contributed by atoms with van der Waals surface area (Å²) in [5.41, 5.74) is 5.08. The molecule has 4 nitrogen and oxygen atoms in total. The molecule has 0 amide bonds. The first-order valence-electron chi connectivity index (χ1n) is 9.96. The minimum atomic E-state index is -0.885. The van der Waals surface area contributed by atoms with Crippen LogP contribution in [-0.2, 0) is 12.8 Å². The Balaban J connectivity index is 1.86. The van der Waals surface area contributed by atoms with Gasteiger partial charge in [0.25, 0.3) is 0 Å². The van der Waals surface area contributed by atoms with Gasteiger partial charge in [0.15, 0.2) is 0 Å². The molecule has 0 spiro atoms. The number of aromatic carboxylic acids is 1. The van der Waals surface area contributed by atoms with E-state index in [9.17, 15) is 15.2 Å². The molecule has 158 valence electrons. The van der Waals surface area contributed by atoms with Crippen LogP contribution in [0.4, 0.5) is 0 Å². The van der Waals surface area contributed by atoms with Crippen LogP contribution in [0.25, 0.3) is 16.7 Å². The number of hydrogen-bond acceptors (Lipinski definition) is 3. The van der Waals surface area contributed by atoms with Crippen LogP contribution in [-0.4, -0.2) is 15.6 Å². The molecule has 0 saturated heterocycles. The maximum absolute atomic E-state index is 12.1. The van der Waals surface area contributed by atoms with Gasteiger partial charge in [0.1, 0.15) is 5.00 Å². The third-order valence-electron chi connectivity index (χ3n) is 5.68. The van der Waals surface area contributed by atoms with Gasteiger partial charge in [0, 0.05) is 26.9 Å². The normalized spacial score (nSPS) is 13.7. The number of thiophene rings is 1. The molecule has 1 N–H and O–H groups in total. The first kappa shape index (κ1) is 21.7. The lowest BCUT2D eigenvalue weighted by Crippen LogP contribution is -2.09. The molecule has 1 aliphatic rings. The van der Waals surface area contributed by atoms with Crippen molar-refractivity contribution in [3.05, 3.63) is 72.8 Å². The van der Waals surface area contributed by atoms with Gasteiger partial charge < -0.3 is 9.67 Å². The van der Waals surface area contributed by atoms with Gasteiger partial charge >= 0.3 is 5.97 Å². The lowest BCUT2D eigenvalue weighted by Gasteiger charge is -2.11. The van der Waals surface area contributed by atoms with E-state index in [2.05, 4.69) is 6.07 Å². The topological polar surface area (TPSA) is 66.0 Å². The van der Waals surface area contributed by atoms with Crippen LogP contribution >= 0.6 is 34.5 Å². The number of carboxylic acids is 1. The summed E-state index contributed by atoms with van der Waals surface area (Å²) in [6, 6.07) is 9.24. The van der Waals surface area contributed by atoms with Crippen molar-refractivity contribution in [1.29, 1.82) is 5.26 Å². The number of nitrogens with zero attached hydrogens (tertiary/aromatic N) is 2. The van der Waals surface area contributed by atoms with Crippen LogP contribution in [0.15, 0.2) is 24.3 Å². The molecule has 0 bridgehead atoms. The zero-order valence-corrected chi connectivity index (χ0v) is 19.5. The van der Waals surface area contributed by atoms with Crippen LogP contribution in [0, 0.1) is 25.2 Å². The Morgan fingerprint density at radius 2 is 1.97 bits per heavy atom. The number of allylic oxidation sites excluding steroid dienone is 1. The number of halogens is 2. The minimum absolute atomic E-state index is 0.410. The number of benzene rings is 1. The zero-order valence-electron chi connectivity index (χ0n) is 17.1. The van der Waals surface area contributed by atoms with Crippen LogP contribution in [0.2, 0.25) is 10.0 Å². The van der Waals surface area contributed by atoms with Crippen LogP contribution in [0.3, 0.4) is 0 Å². The first-order chi connectivity index (χ1) is 14.8. The molecular formula is C24H20Cl2N2O2S. The number of nitriles is 1. The molecule has 0 fully saturated rings. The SMILES string of the molecule is Cc1cc(/C=C(/C#N)c2ccc(Cl)cc2Cl)c(C)n1-c1sc2c(c1C(=O)O)CCCC2. The second-order valence-corrected chi connectivity index (χ2v) is 9.58. The van der Waals surface area contributed by atoms with Gasteiger partial charge in [-0.05, 0) is 74.9 Å². The number of fused-ring (bicyclic) bond motifs is 1. The second kappa shape index (κ2) is 8.55. The highest BCUT2D eigenvalue weighted by Crippen LogP contribution is 2.39. The number of aryl methyl sites for hydroxylation is 2. The standard InChI is InChI=1S/C24H20Cl2N2O2S/c1-13-9-15(10-16(12-27)18-8-7-17(25)11-20(18)26)14(2)28(13)23-22(24(29)30)19-5-3-4-6-21(19)31-23/h7-11H,3-6H2,1-2H3,(H,29,30)/b16-10-. The highest BCUT2D eigenvalue weighted by atomic mass is 35.5. The summed E-state index contributed by atoms with van der Waals surface area (Å²) in [5, 5.41) is 21.4. The summed E-state index contributed by atoms with van der Waals surface area (Å²) >= 11 is 13.9. The number of aromatic nitrogens is 1. The molecule has 7 heteroatoms. The highest BCUT2D eigenvalue weighted by Gasteiger charge is 2.27. The highest BCUT2D eigenvalue weighted by molar-refractivity contribution is 7.15. The lowest BCUT2D eigenvalue weighted by atomic mass is 9.95. The van der Waals surface area contributed by atoms with Crippen molar-refractivity contribution in [2.45, 2.75) is 39.5 Å². The first-order valence-corrected chi connectivity index (χ1v) is 11.5. The second-order valence-electron chi connectivity index (χ2n) is 7.65. The van der Waals surface area contributed by atoms with E-state index in [0.717, 1.165) is 53.2 Å². The number of carboxylic acid groups (broad SMARTS) is 1. The van der Waals surface area contributed by atoms with Gasteiger partial charge in [-0.3, -0.25) is 0 Å². The van der Waals surface area contributed by atoms with Crippen molar-refractivity contribution in [1.82, 2.24) is 4.57 Å². The van der Waals surface area contributed by atoms with Gasteiger partial charge in [0.2, 0.25) is 0 Å². The summed E-state index contributed by atoms with van der Waals surface area (Å²) in [6.45, 7) is 3.90. The predicted molar refractivity (Wildman–Crippen MR) is 127 cm³/mol. The van der Waals surface area contributed by atoms with E-state index in [-0.39, 0.29) is 0 Å². The number of hydrogen-bond donors (Lipinski definition) is 1. The summed E-state index contributed by atoms with van der Waals surface area (Å²) in [7, 11) is 0. The fourth-order valence-electron chi connectivity index (χ4n) is 4.21. The molecule has 0 saturated carbocycles. The monoisotopic (exact) mass is 470 g/mol. The van der Waals surface area contributed by atoms with Crippen LogP contribution in [0.5, 0.6) is 0 Å². The number of carbonyl (C=O) groups is 1. The molecule has 0 atom stereocenters. The molecule has 4 rings (SSSR count). The van der Waals surface area contributed by atoms with E-state index in [0.29, 0.717) is 26.7 Å². The van der Waals surface area contributed by atoms with Crippen molar-refractivity contribution >= 4 is 52.2 Å². The Bertz CT molecular complexity index is 1280. The van der Waals surface area contributed by atoms with E-state index < -0.39 is 5.97 Å². The largest absolute Gasteiger partial charge is 0.478 e. The van der Waals surface area contributed by atoms with E-state index in [1.165, 1.54) is 4.88 Å². The van der Waals surface area contributed by atoms with Gasteiger partial charge in [-0.15, -0.1) is 11.3 Å². The minimum Gasteiger partial charge on any atom is -0.478 e. The molecule has 0 radical (unpaired) electrons. The average molecular weight is 471 g/mol. The average Bonchev–Trinajstić information content (AvgIpc) is 3.23. The maximum Gasteiger partial charge on any atom is 0.339 e. The molecule has 0 aliphatic heterocycles. The summed E-state index contributed by atoms with van der Waals surface area (Å²) < 4.78 is 2.00. The van der Waals surface area contributed by atoms with Crippen molar-refractivity contribution in [2.24, 2.45) is 0 Å². The van der Waals surface area contributed by atoms with Gasteiger partial charge in [-0.25, -0.2) is 4.79 Å². The number of rotatable bonds is 4. The van der Waals surface area contributed by atoms with Gasteiger partial charge in [-0.1, -0.05) is 29.3 Å². The Morgan fingerprint density at radius 1 is 1.23 bits per heavy atom. The summed E-state index contributed by atoms with van der Waals surface area (Å²) in [4.78, 5) is 13.3. The Kier molecular flexibility index (Phi) is 5.98. The predicted octanol–water partition coefficient (Wildman–Crippen LogP) is 7.10. The van der Waals surface area contributed by atoms with Crippen molar-refractivity contribution in [2.75, 3.05) is 0 Å².